The fraction of sp³-hybridized carbons (Fsp3) is 0.0625. The van der Waals surface area contributed by atoms with E-state index in [0.29, 0.717) is 11.4 Å². The highest BCUT2D eigenvalue weighted by Gasteiger charge is 2.18. The summed E-state index contributed by atoms with van der Waals surface area (Å²) in [5.41, 5.74) is 0.599. The standard InChI is InChI=1S/C16H12FN3O3/c1-22-13-9-5-4-8-12(13)18-14(21)16-20-19-15(23-16)10-6-2-3-7-11(10)17/h2-9H,1H3,(H,18,21). The zero-order chi connectivity index (χ0) is 16.2. The number of nitrogens with zero attached hydrogens (tertiary/aromatic N) is 2. The van der Waals surface area contributed by atoms with Crippen LogP contribution in [0.5, 0.6) is 5.75 Å². The van der Waals surface area contributed by atoms with Crippen molar-refractivity contribution in [1.29, 1.82) is 0 Å². The van der Waals surface area contributed by atoms with Crippen molar-refractivity contribution >= 4 is 11.6 Å². The van der Waals surface area contributed by atoms with E-state index < -0.39 is 11.7 Å². The number of carbonyl (C=O) groups excluding carboxylic acids is 1. The van der Waals surface area contributed by atoms with Crippen LogP contribution in [0.3, 0.4) is 0 Å². The topological polar surface area (TPSA) is 77.2 Å². The second-order valence-corrected chi connectivity index (χ2v) is 4.55. The van der Waals surface area contributed by atoms with Crippen LogP contribution >= 0.6 is 0 Å². The number of ether oxygens (including phenoxy) is 1. The van der Waals surface area contributed by atoms with Crippen LogP contribution in [0.25, 0.3) is 11.5 Å². The molecule has 0 unspecified atom stereocenters. The molecule has 23 heavy (non-hydrogen) atoms. The Hall–Kier alpha value is -3.22. The Bertz CT molecular complexity index is 848. The number of methoxy groups -OCH3 is 1. The van der Waals surface area contributed by atoms with Gasteiger partial charge >= 0.3 is 11.8 Å². The first-order valence-corrected chi connectivity index (χ1v) is 6.72. The van der Waals surface area contributed by atoms with Crippen LogP contribution in [0.15, 0.2) is 52.9 Å². The van der Waals surface area contributed by atoms with Gasteiger partial charge in [0, 0.05) is 0 Å². The van der Waals surface area contributed by atoms with Crippen LogP contribution in [0.1, 0.15) is 10.7 Å². The molecule has 0 saturated heterocycles. The summed E-state index contributed by atoms with van der Waals surface area (Å²) in [5, 5.41) is 9.96. The van der Waals surface area contributed by atoms with Gasteiger partial charge in [-0.1, -0.05) is 24.3 Å². The molecule has 1 aromatic heterocycles. The molecule has 0 fully saturated rings. The molecule has 1 N–H and O–H groups in total. The quantitative estimate of drug-likeness (QED) is 0.800. The Labute approximate surface area is 130 Å². The van der Waals surface area contributed by atoms with Crippen LogP contribution in [-0.4, -0.2) is 23.2 Å². The number of hydrogen-bond donors (Lipinski definition) is 1. The van der Waals surface area contributed by atoms with Gasteiger partial charge in [-0.05, 0) is 24.3 Å². The minimum Gasteiger partial charge on any atom is -0.495 e. The number of halogens is 1. The Morgan fingerprint density at radius 1 is 1.13 bits per heavy atom. The fourth-order valence-electron chi connectivity index (χ4n) is 1.98. The third-order valence-electron chi connectivity index (χ3n) is 3.08. The van der Waals surface area contributed by atoms with Crippen molar-refractivity contribution in [3.63, 3.8) is 0 Å². The average molecular weight is 313 g/mol. The predicted molar refractivity (Wildman–Crippen MR) is 80.6 cm³/mol. The molecule has 1 heterocycles. The van der Waals surface area contributed by atoms with Crippen molar-refractivity contribution < 1.29 is 18.3 Å². The van der Waals surface area contributed by atoms with E-state index in [9.17, 15) is 9.18 Å². The molecule has 2 aromatic carbocycles. The van der Waals surface area contributed by atoms with Crippen molar-refractivity contribution in [2.45, 2.75) is 0 Å². The van der Waals surface area contributed by atoms with Gasteiger partial charge in [0.05, 0.1) is 18.4 Å². The monoisotopic (exact) mass is 313 g/mol. The molecule has 0 aliphatic heterocycles. The Kier molecular flexibility index (Phi) is 4.01. The molecule has 0 aliphatic carbocycles. The molecular weight excluding hydrogens is 301 g/mol. The molecule has 0 spiro atoms. The first-order chi connectivity index (χ1) is 11.2. The fourth-order valence-corrected chi connectivity index (χ4v) is 1.98. The summed E-state index contributed by atoms with van der Waals surface area (Å²) < 4.78 is 24.1. The number of nitrogens with one attached hydrogen (secondary N) is 1. The molecule has 0 atom stereocenters. The summed E-state index contributed by atoms with van der Waals surface area (Å²) in [6.07, 6.45) is 0. The lowest BCUT2D eigenvalue weighted by atomic mass is 10.2. The molecule has 0 bridgehead atoms. The highest BCUT2D eigenvalue weighted by atomic mass is 19.1. The molecule has 116 valence electrons. The van der Waals surface area contributed by atoms with Gasteiger partial charge in [0.2, 0.25) is 0 Å². The van der Waals surface area contributed by atoms with Crippen LogP contribution in [0.4, 0.5) is 10.1 Å². The summed E-state index contributed by atoms with van der Waals surface area (Å²) in [4.78, 5) is 12.2. The molecular formula is C16H12FN3O3. The maximum absolute atomic E-state index is 13.7. The first-order valence-electron chi connectivity index (χ1n) is 6.72. The largest absolute Gasteiger partial charge is 0.495 e. The number of rotatable bonds is 4. The SMILES string of the molecule is COc1ccccc1NC(=O)c1nnc(-c2ccccc2F)o1. The lowest BCUT2D eigenvalue weighted by Crippen LogP contribution is -2.13. The first kappa shape index (κ1) is 14.7. The van der Waals surface area contributed by atoms with Crippen molar-refractivity contribution in [2.24, 2.45) is 0 Å². The zero-order valence-corrected chi connectivity index (χ0v) is 12.1. The van der Waals surface area contributed by atoms with E-state index in [4.69, 9.17) is 9.15 Å². The maximum Gasteiger partial charge on any atom is 0.313 e. The van der Waals surface area contributed by atoms with Crippen molar-refractivity contribution in [2.75, 3.05) is 12.4 Å². The molecule has 7 heteroatoms. The lowest BCUT2D eigenvalue weighted by Gasteiger charge is -2.07. The number of carbonyl (C=O) groups is 1. The van der Waals surface area contributed by atoms with E-state index in [0.717, 1.165) is 0 Å². The van der Waals surface area contributed by atoms with E-state index in [-0.39, 0.29) is 17.3 Å². The van der Waals surface area contributed by atoms with E-state index >= 15 is 0 Å². The predicted octanol–water partition coefficient (Wildman–Crippen LogP) is 3.14. The molecule has 1 amide bonds. The summed E-state index contributed by atoms with van der Waals surface area (Å²) in [7, 11) is 1.49. The maximum atomic E-state index is 13.7. The minimum atomic E-state index is -0.607. The molecule has 3 aromatic rings. The van der Waals surface area contributed by atoms with Crippen LogP contribution < -0.4 is 10.1 Å². The highest BCUT2D eigenvalue weighted by molar-refractivity contribution is 6.01. The van der Waals surface area contributed by atoms with E-state index in [1.54, 1.807) is 36.4 Å². The Morgan fingerprint density at radius 3 is 2.65 bits per heavy atom. The van der Waals surface area contributed by atoms with Crippen LogP contribution in [0.2, 0.25) is 0 Å². The Balaban J connectivity index is 1.83. The van der Waals surface area contributed by atoms with Gasteiger partial charge in [-0.2, -0.15) is 0 Å². The van der Waals surface area contributed by atoms with E-state index in [2.05, 4.69) is 15.5 Å². The molecule has 0 radical (unpaired) electrons. The summed E-state index contributed by atoms with van der Waals surface area (Å²) in [6, 6.07) is 12.8. The van der Waals surface area contributed by atoms with E-state index in [1.807, 2.05) is 0 Å². The summed E-state index contributed by atoms with van der Waals surface area (Å²) in [5.74, 6) is -0.949. The Morgan fingerprint density at radius 2 is 1.87 bits per heavy atom. The van der Waals surface area contributed by atoms with Crippen molar-refractivity contribution in [3.05, 3.63) is 60.2 Å². The normalized spacial score (nSPS) is 10.3. The number of para-hydroxylation sites is 2. The lowest BCUT2D eigenvalue weighted by molar-refractivity contribution is 0.0990. The number of aromatic nitrogens is 2. The molecule has 0 saturated carbocycles. The van der Waals surface area contributed by atoms with Gasteiger partial charge in [0.15, 0.2) is 0 Å². The van der Waals surface area contributed by atoms with Crippen LogP contribution in [-0.2, 0) is 0 Å². The minimum absolute atomic E-state index is 0.0618. The van der Waals surface area contributed by atoms with Gasteiger partial charge in [-0.15, -0.1) is 10.2 Å². The van der Waals surface area contributed by atoms with E-state index in [1.165, 1.54) is 19.2 Å². The third kappa shape index (κ3) is 3.03. The van der Waals surface area contributed by atoms with Gasteiger partial charge in [-0.25, -0.2) is 4.39 Å². The van der Waals surface area contributed by atoms with Crippen molar-refractivity contribution in [3.8, 4) is 17.2 Å². The molecule has 3 rings (SSSR count). The smallest absolute Gasteiger partial charge is 0.313 e. The van der Waals surface area contributed by atoms with Crippen LogP contribution in [0, 0.1) is 5.82 Å². The molecule has 6 nitrogen and oxygen atoms in total. The molecule has 0 aliphatic rings. The number of benzene rings is 2. The van der Waals surface area contributed by atoms with Gasteiger partial charge < -0.3 is 14.5 Å². The third-order valence-corrected chi connectivity index (χ3v) is 3.08. The van der Waals surface area contributed by atoms with Gasteiger partial charge in [0.25, 0.3) is 5.89 Å². The number of amides is 1. The summed E-state index contributed by atoms with van der Waals surface area (Å²) in [6.45, 7) is 0. The highest BCUT2D eigenvalue weighted by Crippen LogP contribution is 2.24. The second kappa shape index (κ2) is 6.27. The number of hydrogen-bond acceptors (Lipinski definition) is 5. The number of anilines is 1. The second-order valence-electron chi connectivity index (χ2n) is 4.55. The van der Waals surface area contributed by atoms with Crippen molar-refractivity contribution in [1.82, 2.24) is 10.2 Å². The average Bonchev–Trinajstić information content (AvgIpc) is 3.05. The van der Waals surface area contributed by atoms with Gasteiger partial charge in [0.1, 0.15) is 11.6 Å². The summed E-state index contributed by atoms with van der Waals surface area (Å²) >= 11 is 0. The van der Waals surface area contributed by atoms with Gasteiger partial charge in [-0.3, -0.25) is 4.79 Å². The zero-order valence-electron chi connectivity index (χ0n) is 12.1.